The van der Waals surface area contributed by atoms with Crippen molar-refractivity contribution in [2.45, 2.75) is 38.3 Å². The zero-order chi connectivity index (χ0) is 13.0. The third-order valence-electron chi connectivity index (χ3n) is 3.84. The van der Waals surface area contributed by atoms with Gasteiger partial charge in [0.25, 0.3) is 0 Å². The Balaban J connectivity index is 2.12. The first-order chi connectivity index (χ1) is 8.76. The summed E-state index contributed by atoms with van der Waals surface area (Å²) in [6, 6.07) is 4.74. The van der Waals surface area contributed by atoms with E-state index in [1.807, 2.05) is 13.2 Å². The Hall–Kier alpha value is -1.13. The van der Waals surface area contributed by atoms with Crippen molar-refractivity contribution in [1.29, 1.82) is 0 Å². The lowest BCUT2D eigenvalue weighted by Gasteiger charge is -2.35. The average molecular weight is 249 g/mol. The predicted molar refractivity (Wildman–Crippen MR) is 73.8 cm³/mol. The molecule has 0 amide bonds. The zero-order valence-electron chi connectivity index (χ0n) is 11.3. The maximum absolute atomic E-state index is 9.42. The fraction of sp³-hybridized carbons (Fsp3) is 0.643. The molecular formula is C14H23N3O. The molecular weight excluding hydrogens is 226 g/mol. The van der Waals surface area contributed by atoms with E-state index in [4.69, 9.17) is 0 Å². The summed E-state index contributed by atoms with van der Waals surface area (Å²) >= 11 is 0. The quantitative estimate of drug-likeness (QED) is 0.853. The summed E-state index contributed by atoms with van der Waals surface area (Å²) < 4.78 is 0. The van der Waals surface area contributed by atoms with E-state index in [0.29, 0.717) is 6.04 Å². The van der Waals surface area contributed by atoms with Crippen LogP contribution >= 0.6 is 0 Å². The van der Waals surface area contributed by atoms with Gasteiger partial charge in [0.15, 0.2) is 0 Å². The van der Waals surface area contributed by atoms with Crippen LogP contribution in [0.25, 0.3) is 0 Å². The first-order valence-electron chi connectivity index (χ1n) is 6.77. The van der Waals surface area contributed by atoms with Gasteiger partial charge in [0.05, 0.1) is 12.6 Å². The fourth-order valence-corrected chi connectivity index (χ4v) is 2.48. The molecule has 4 nitrogen and oxygen atoms in total. The van der Waals surface area contributed by atoms with Crippen molar-refractivity contribution >= 4 is 5.82 Å². The van der Waals surface area contributed by atoms with Crippen molar-refractivity contribution in [2.75, 3.05) is 25.1 Å². The number of nitrogens with zero attached hydrogens (tertiary/aromatic N) is 2. The van der Waals surface area contributed by atoms with Crippen molar-refractivity contribution in [3.63, 3.8) is 0 Å². The molecule has 0 bridgehead atoms. The molecule has 4 heteroatoms. The van der Waals surface area contributed by atoms with Crippen LogP contribution in [0.15, 0.2) is 18.3 Å². The summed E-state index contributed by atoms with van der Waals surface area (Å²) in [7, 11) is 1.95. The standard InChI is InChI=1S/C14H23N3O/c1-11(15-2)12-6-7-14(16-9-12)17-8-4-3-5-13(17)10-18/h6-7,9,11,13,15,18H,3-5,8,10H2,1-2H3. The van der Waals surface area contributed by atoms with Gasteiger partial charge < -0.3 is 15.3 Å². The van der Waals surface area contributed by atoms with E-state index >= 15 is 0 Å². The molecule has 0 aromatic carbocycles. The van der Waals surface area contributed by atoms with E-state index in [-0.39, 0.29) is 12.6 Å². The van der Waals surface area contributed by atoms with E-state index in [2.05, 4.69) is 34.3 Å². The summed E-state index contributed by atoms with van der Waals surface area (Å²) in [5.41, 5.74) is 1.19. The largest absolute Gasteiger partial charge is 0.394 e. The average Bonchev–Trinajstić information content (AvgIpc) is 2.46. The van der Waals surface area contributed by atoms with Gasteiger partial charge in [0.2, 0.25) is 0 Å². The molecule has 1 aliphatic rings. The maximum Gasteiger partial charge on any atom is 0.128 e. The highest BCUT2D eigenvalue weighted by Crippen LogP contribution is 2.23. The summed E-state index contributed by atoms with van der Waals surface area (Å²) in [4.78, 5) is 6.78. The molecule has 2 atom stereocenters. The normalized spacial score (nSPS) is 21.9. The minimum absolute atomic E-state index is 0.219. The van der Waals surface area contributed by atoms with Crippen LogP contribution in [0.2, 0.25) is 0 Å². The Morgan fingerprint density at radius 1 is 1.50 bits per heavy atom. The number of aromatic nitrogens is 1. The Labute approximate surface area is 109 Å². The van der Waals surface area contributed by atoms with E-state index in [1.165, 1.54) is 18.4 Å². The summed E-state index contributed by atoms with van der Waals surface area (Å²) in [5, 5.41) is 12.6. The number of anilines is 1. The second-order valence-electron chi connectivity index (χ2n) is 4.99. The van der Waals surface area contributed by atoms with Crippen molar-refractivity contribution in [3.8, 4) is 0 Å². The van der Waals surface area contributed by atoms with Crippen LogP contribution in [0.1, 0.15) is 37.8 Å². The van der Waals surface area contributed by atoms with E-state index in [0.717, 1.165) is 18.8 Å². The van der Waals surface area contributed by atoms with Crippen LogP contribution < -0.4 is 10.2 Å². The van der Waals surface area contributed by atoms with Gasteiger partial charge in [-0.25, -0.2) is 4.98 Å². The molecule has 2 rings (SSSR count). The van der Waals surface area contributed by atoms with Gasteiger partial charge in [-0.1, -0.05) is 6.07 Å². The molecule has 0 spiro atoms. The number of nitrogens with one attached hydrogen (secondary N) is 1. The lowest BCUT2D eigenvalue weighted by atomic mass is 10.0. The van der Waals surface area contributed by atoms with Crippen LogP contribution in [0.4, 0.5) is 5.82 Å². The van der Waals surface area contributed by atoms with E-state index < -0.39 is 0 Å². The van der Waals surface area contributed by atoms with Crippen LogP contribution in [-0.2, 0) is 0 Å². The number of aliphatic hydroxyl groups is 1. The van der Waals surface area contributed by atoms with Gasteiger partial charge >= 0.3 is 0 Å². The van der Waals surface area contributed by atoms with Crippen LogP contribution in [0.5, 0.6) is 0 Å². The van der Waals surface area contributed by atoms with Gasteiger partial charge in [-0.3, -0.25) is 0 Å². The number of aliphatic hydroxyl groups excluding tert-OH is 1. The van der Waals surface area contributed by atoms with E-state index in [9.17, 15) is 5.11 Å². The molecule has 1 fully saturated rings. The highest BCUT2D eigenvalue weighted by Gasteiger charge is 2.22. The minimum Gasteiger partial charge on any atom is -0.394 e. The van der Waals surface area contributed by atoms with Crippen LogP contribution in [-0.4, -0.2) is 36.3 Å². The number of piperidine rings is 1. The summed E-state index contributed by atoms with van der Waals surface area (Å²) in [5.74, 6) is 0.987. The topological polar surface area (TPSA) is 48.4 Å². The maximum atomic E-state index is 9.42. The summed E-state index contributed by atoms with van der Waals surface area (Å²) in [6.45, 7) is 3.34. The predicted octanol–water partition coefficient (Wildman–Crippen LogP) is 1.71. The molecule has 1 aromatic heterocycles. The Bertz CT molecular complexity index is 366. The minimum atomic E-state index is 0.219. The molecule has 1 aromatic rings. The Kier molecular flexibility index (Phi) is 4.55. The lowest BCUT2D eigenvalue weighted by Crippen LogP contribution is -2.42. The third kappa shape index (κ3) is 2.82. The molecule has 0 aliphatic carbocycles. The highest BCUT2D eigenvalue weighted by atomic mass is 16.3. The molecule has 0 saturated carbocycles. The molecule has 100 valence electrons. The molecule has 2 heterocycles. The van der Waals surface area contributed by atoms with Gasteiger partial charge in [-0.15, -0.1) is 0 Å². The molecule has 1 saturated heterocycles. The smallest absolute Gasteiger partial charge is 0.128 e. The zero-order valence-corrected chi connectivity index (χ0v) is 11.3. The number of hydrogen-bond acceptors (Lipinski definition) is 4. The van der Waals surface area contributed by atoms with Crippen molar-refractivity contribution in [2.24, 2.45) is 0 Å². The van der Waals surface area contributed by atoms with Gasteiger partial charge in [-0.05, 0) is 44.9 Å². The van der Waals surface area contributed by atoms with Gasteiger partial charge in [0, 0.05) is 18.8 Å². The Morgan fingerprint density at radius 3 is 2.94 bits per heavy atom. The fourth-order valence-electron chi connectivity index (χ4n) is 2.48. The second kappa shape index (κ2) is 6.16. The van der Waals surface area contributed by atoms with Crippen LogP contribution in [0.3, 0.4) is 0 Å². The molecule has 2 N–H and O–H groups in total. The molecule has 0 radical (unpaired) electrons. The van der Waals surface area contributed by atoms with Crippen molar-refractivity contribution < 1.29 is 5.11 Å². The van der Waals surface area contributed by atoms with Crippen LogP contribution in [0, 0.1) is 0 Å². The van der Waals surface area contributed by atoms with Crippen molar-refractivity contribution in [1.82, 2.24) is 10.3 Å². The van der Waals surface area contributed by atoms with Gasteiger partial charge in [-0.2, -0.15) is 0 Å². The molecule has 1 aliphatic heterocycles. The van der Waals surface area contributed by atoms with E-state index in [1.54, 1.807) is 0 Å². The first kappa shape index (κ1) is 13.3. The SMILES string of the molecule is CNC(C)c1ccc(N2CCCCC2CO)nc1. The highest BCUT2D eigenvalue weighted by molar-refractivity contribution is 5.41. The van der Waals surface area contributed by atoms with Crippen molar-refractivity contribution in [3.05, 3.63) is 23.9 Å². The lowest BCUT2D eigenvalue weighted by molar-refractivity contribution is 0.239. The third-order valence-corrected chi connectivity index (χ3v) is 3.84. The monoisotopic (exact) mass is 249 g/mol. The number of hydrogen-bond donors (Lipinski definition) is 2. The summed E-state index contributed by atoms with van der Waals surface area (Å²) in [6.07, 6.45) is 5.38. The Morgan fingerprint density at radius 2 is 2.33 bits per heavy atom. The first-order valence-corrected chi connectivity index (χ1v) is 6.77. The number of rotatable bonds is 4. The molecule has 18 heavy (non-hydrogen) atoms. The second-order valence-corrected chi connectivity index (χ2v) is 4.99. The molecule has 2 unspecified atom stereocenters. The van der Waals surface area contributed by atoms with Gasteiger partial charge in [0.1, 0.15) is 5.82 Å². The number of pyridine rings is 1.